The molecule has 0 N–H and O–H groups in total. The van der Waals surface area contributed by atoms with Crippen LogP contribution in [0.1, 0.15) is 33.2 Å². The molecule has 1 unspecified atom stereocenters. The van der Waals surface area contributed by atoms with Crippen molar-refractivity contribution >= 4 is 40.5 Å². The number of rotatable bonds is 1. The number of likely N-dealkylation sites (tertiary alicyclic amines) is 1. The zero-order chi connectivity index (χ0) is 16.8. The Kier molecular flexibility index (Phi) is 4.10. The van der Waals surface area contributed by atoms with Gasteiger partial charge in [-0.25, -0.2) is 14.8 Å². The lowest BCUT2D eigenvalue weighted by atomic mass is 10.2. The summed E-state index contributed by atoms with van der Waals surface area (Å²) in [4.78, 5) is 26.2. The third-order valence-electron chi connectivity index (χ3n) is 3.56. The number of fused-ring (bicyclic) bond motifs is 1. The van der Waals surface area contributed by atoms with Crippen LogP contribution in [0.5, 0.6) is 0 Å². The molecule has 1 atom stereocenters. The van der Waals surface area contributed by atoms with E-state index in [0.717, 1.165) is 6.42 Å². The number of hydrogen-bond donors (Lipinski definition) is 0. The Morgan fingerprint density at radius 2 is 2.09 bits per heavy atom. The Bertz CT molecular complexity index is 755. The quantitative estimate of drug-likeness (QED) is 0.578. The molecule has 2 aromatic rings. The summed E-state index contributed by atoms with van der Waals surface area (Å²) in [5, 5.41) is 0.298. The average molecular weight is 358 g/mol. The second-order valence-corrected chi connectivity index (χ2v) is 7.17. The Balaban J connectivity index is 1.81. The van der Waals surface area contributed by atoms with E-state index in [1.807, 2.05) is 25.3 Å². The van der Waals surface area contributed by atoms with Gasteiger partial charge in [0.2, 0.25) is 5.28 Å². The van der Waals surface area contributed by atoms with Crippen LogP contribution in [0.2, 0.25) is 10.4 Å². The zero-order valence-corrected chi connectivity index (χ0v) is 14.6. The zero-order valence-electron chi connectivity index (χ0n) is 13.1. The van der Waals surface area contributed by atoms with Crippen molar-refractivity contribution in [2.24, 2.45) is 0 Å². The molecule has 7 nitrogen and oxygen atoms in total. The van der Waals surface area contributed by atoms with Gasteiger partial charge in [-0.3, -0.25) is 0 Å². The first kappa shape index (κ1) is 16.3. The van der Waals surface area contributed by atoms with E-state index in [1.54, 1.807) is 11.2 Å². The molecule has 1 amide bonds. The van der Waals surface area contributed by atoms with Crippen molar-refractivity contribution in [2.75, 3.05) is 13.1 Å². The molecule has 23 heavy (non-hydrogen) atoms. The summed E-state index contributed by atoms with van der Waals surface area (Å²) in [6, 6.07) is 0.0505. The minimum Gasteiger partial charge on any atom is -0.444 e. The van der Waals surface area contributed by atoms with E-state index in [4.69, 9.17) is 27.9 Å². The molecule has 9 heteroatoms. The SMILES string of the molecule is CC(C)(C)OC(=O)N1CCC(n2cnc3c(Cl)nc(Cl)nc32)C1. The first-order valence-electron chi connectivity index (χ1n) is 7.28. The smallest absolute Gasteiger partial charge is 0.410 e. The second-order valence-electron chi connectivity index (χ2n) is 6.48. The van der Waals surface area contributed by atoms with Crippen LogP contribution in [0, 0.1) is 0 Å². The van der Waals surface area contributed by atoms with Crippen LogP contribution in [0.4, 0.5) is 4.79 Å². The van der Waals surface area contributed by atoms with E-state index in [1.165, 1.54) is 0 Å². The van der Waals surface area contributed by atoms with Crippen molar-refractivity contribution in [3.63, 3.8) is 0 Å². The number of aromatic nitrogens is 4. The van der Waals surface area contributed by atoms with E-state index in [-0.39, 0.29) is 22.6 Å². The molecule has 1 aliphatic heterocycles. The van der Waals surface area contributed by atoms with Crippen molar-refractivity contribution in [1.29, 1.82) is 0 Å². The third kappa shape index (κ3) is 3.35. The van der Waals surface area contributed by atoms with Crippen LogP contribution in [-0.4, -0.2) is 49.2 Å². The van der Waals surface area contributed by atoms with Gasteiger partial charge in [-0.1, -0.05) is 11.6 Å². The van der Waals surface area contributed by atoms with Crippen molar-refractivity contribution in [1.82, 2.24) is 24.4 Å². The molecule has 0 aliphatic carbocycles. The van der Waals surface area contributed by atoms with E-state index in [9.17, 15) is 4.79 Å². The van der Waals surface area contributed by atoms with Gasteiger partial charge in [0.25, 0.3) is 0 Å². The lowest BCUT2D eigenvalue weighted by Gasteiger charge is -2.24. The molecule has 124 valence electrons. The first-order chi connectivity index (χ1) is 10.7. The van der Waals surface area contributed by atoms with Crippen molar-refractivity contribution < 1.29 is 9.53 Å². The maximum Gasteiger partial charge on any atom is 0.410 e. The maximum atomic E-state index is 12.2. The number of imidazole rings is 1. The molecule has 1 aliphatic rings. The lowest BCUT2D eigenvalue weighted by Crippen LogP contribution is -2.35. The number of halogens is 2. The van der Waals surface area contributed by atoms with Crippen LogP contribution < -0.4 is 0 Å². The fourth-order valence-corrected chi connectivity index (χ4v) is 3.01. The minimum absolute atomic E-state index is 0.0505. The van der Waals surface area contributed by atoms with Gasteiger partial charge in [-0.05, 0) is 38.8 Å². The Labute approximate surface area is 143 Å². The number of ether oxygens (including phenoxy) is 1. The maximum absolute atomic E-state index is 12.2. The fraction of sp³-hybridized carbons (Fsp3) is 0.571. The second kappa shape index (κ2) is 5.79. The predicted molar refractivity (Wildman–Crippen MR) is 86.8 cm³/mol. The number of nitrogens with zero attached hydrogens (tertiary/aromatic N) is 5. The van der Waals surface area contributed by atoms with Crippen LogP contribution in [0.25, 0.3) is 11.2 Å². The molecular weight excluding hydrogens is 341 g/mol. The summed E-state index contributed by atoms with van der Waals surface area (Å²) < 4.78 is 7.30. The largest absolute Gasteiger partial charge is 0.444 e. The third-order valence-corrected chi connectivity index (χ3v) is 3.99. The topological polar surface area (TPSA) is 73.1 Å². The molecule has 0 bridgehead atoms. The molecule has 0 saturated carbocycles. The lowest BCUT2D eigenvalue weighted by molar-refractivity contribution is 0.0289. The first-order valence-corrected chi connectivity index (χ1v) is 8.04. The summed E-state index contributed by atoms with van der Waals surface area (Å²) in [6.45, 7) is 6.69. The number of carbonyl (C=O) groups is 1. The van der Waals surface area contributed by atoms with Gasteiger partial charge in [0, 0.05) is 13.1 Å². The molecule has 1 fully saturated rings. The molecule has 0 spiro atoms. The molecular formula is C14H17Cl2N5O2. The van der Waals surface area contributed by atoms with Gasteiger partial charge in [-0.15, -0.1) is 0 Å². The predicted octanol–water partition coefficient (Wildman–Crippen LogP) is 3.32. The number of hydrogen-bond acceptors (Lipinski definition) is 5. The van der Waals surface area contributed by atoms with Crippen LogP contribution >= 0.6 is 23.2 Å². The van der Waals surface area contributed by atoms with E-state index in [2.05, 4.69) is 15.0 Å². The molecule has 0 radical (unpaired) electrons. The van der Waals surface area contributed by atoms with E-state index in [0.29, 0.717) is 24.3 Å². The molecule has 3 rings (SSSR count). The Morgan fingerprint density at radius 1 is 1.35 bits per heavy atom. The molecule has 2 aromatic heterocycles. The number of carbonyl (C=O) groups excluding carboxylic acids is 1. The van der Waals surface area contributed by atoms with Gasteiger partial charge >= 0.3 is 6.09 Å². The highest BCUT2D eigenvalue weighted by Gasteiger charge is 2.31. The van der Waals surface area contributed by atoms with Gasteiger partial charge < -0.3 is 14.2 Å². The monoisotopic (exact) mass is 357 g/mol. The van der Waals surface area contributed by atoms with Crippen molar-refractivity contribution in [2.45, 2.75) is 38.8 Å². The molecule has 3 heterocycles. The minimum atomic E-state index is -0.509. The standard InChI is InChI=1S/C14H17Cl2N5O2/c1-14(2,3)23-13(22)20-5-4-8(6-20)21-7-17-9-10(15)18-12(16)19-11(9)21/h7-8H,4-6H2,1-3H3. The number of amides is 1. The highest BCUT2D eigenvalue weighted by molar-refractivity contribution is 6.35. The van der Waals surface area contributed by atoms with Crippen LogP contribution in [0.3, 0.4) is 0 Å². The average Bonchev–Trinajstić information content (AvgIpc) is 3.01. The summed E-state index contributed by atoms with van der Waals surface area (Å²) in [5.74, 6) is 0. The summed E-state index contributed by atoms with van der Waals surface area (Å²) in [7, 11) is 0. The highest BCUT2D eigenvalue weighted by Crippen LogP contribution is 2.28. The van der Waals surface area contributed by atoms with Gasteiger partial charge in [0.05, 0.1) is 12.4 Å². The van der Waals surface area contributed by atoms with E-state index >= 15 is 0 Å². The Hall–Kier alpha value is -1.60. The van der Waals surface area contributed by atoms with Gasteiger partial charge in [-0.2, -0.15) is 4.98 Å². The van der Waals surface area contributed by atoms with Gasteiger partial charge in [0.15, 0.2) is 10.8 Å². The van der Waals surface area contributed by atoms with Crippen LogP contribution in [-0.2, 0) is 4.74 Å². The molecule has 0 aromatic carbocycles. The molecule has 1 saturated heterocycles. The fourth-order valence-electron chi connectivity index (χ4n) is 2.59. The normalized spacial score (nSPS) is 18.7. The summed E-state index contributed by atoms with van der Waals surface area (Å²) in [5.41, 5.74) is 0.573. The van der Waals surface area contributed by atoms with E-state index < -0.39 is 5.60 Å². The van der Waals surface area contributed by atoms with Crippen molar-refractivity contribution in [3.8, 4) is 0 Å². The summed E-state index contributed by atoms with van der Waals surface area (Å²) in [6.07, 6.45) is 2.13. The highest BCUT2D eigenvalue weighted by atomic mass is 35.5. The van der Waals surface area contributed by atoms with Crippen molar-refractivity contribution in [3.05, 3.63) is 16.8 Å². The van der Waals surface area contributed by atoms with Gasteiger partial charge in [0.1, 0.15) is 11.1 Å². The Morgan fingerprint density at radius 3 is 2.78 bits per heavy atom. The van der Waals surface area contributed by atoms with Crippen LogP contribution in [0.15, 0.2) is 6.33 Å². The summed E-state index contributed by atoms with van der Waals surface area (Å²) >= 11 is 11.9.